The maximum absolute atomic E-state index is 7.40. The fourth-order valence-corrected chi connectivity index (χ4v) is 10.4. The molecule has 10 aromatic carbocycles. The minimum atomic E-state index is 0.502. The Balaban J connectivity index is 1.04. The second kappa shape index (κ2) is 15.6. The zero-order chi connectivity index (χ0) is 45.4. The van der Waals surface area contributed by atoms with Crippen molar-refractivity contribution in [2.24, 2.45) is 0 Å². The largest absolute Gasteiger partial charge is 0.452 e. The zero-order valence-electron chi connectivity index (χ0n) is 37.2. The molecular formula is C63H39N5O. The molecule has 4 heterocycles. The highest BCUT2D eigenvalue weighted by atomic mass is 16.3. The first-order chi connectivity index (χ1) is 34.2. The van der Waals surface area contributed by atoms with Gasteiger partial charge in [0.05, 0.1) is 16.6 Å². The molecule has 69 heavy (non-hydrogen) atoms. The van der Waals surface area contributed by atoms with Crippen molar-refractivity contribution < 1.29 is 4.42 Å². The van der Waals surface area contributed by atoms with Gasteiger partial charge in [0.25, 0.3) is 0 Å². The van der Waals surface area contributed by atoms with Crippen LogP contribution in [0.2, 0.25) is 0 Å². The molecule has 322 valence electrons. The molecular weight excluding hydrogens is 843 g/mol. The molecule has 6 heteroatoms. The van der Waals surface area contributed by atoms with Crippen LogP contribution < -0.4 is 0 Å². The summed E-state index contributed by atoms with van der Waals surface area (Å²) in [5.41, 5.74) is 15.2. The number of nitrogens with zero attached hydrogens (tertiary/aromatic N) is 5. The van der Waals surface area contributed by atoms with Crippen LogP contribution in [0.5, 0.6) is 0 Å². The van der Waals surface area contributed by atoms with Gasteiger partial charge in [-0.2, -0.15) is 9.97 Å². The Morgan fingerprint density at radius 2 is 0.667 bits per heavy atom. The van der Waals surface area contributed by atoms with Crippen molar-refractivity contribution in [3.8, 4) is 67.8 Å². The third-order valence-electron chi connectivity index (χ3n) is 13.6. The summed E-state index contributed by atoms with van der Waals surface area (Å²) >= 11 is 0. The summed E-state index contributed by atoms with van der Waals surface area (Å²) in [5.74, 6) is 1.65. The highest BCUT2D eigenvalue weighted by molar-refractivity contribution is 6.26. The van der Waals surface area contributed by atoms with Crippen molar-refractivity contribution >= 4 is 65.6 Å². The lowest BCUT2D eigenvalue weighted by atomic mass is 10.0. The third kappa shape index (κ3) is 6.30. The maximum atomic E-state index is 7.40. The smallest absolute Gasteiger partial charge is 0.238 e. The van der Waals surface area contributed by atoms with E-state index in [9.17, 15) is 0 Å². The second-order valence-electron chi connectivity index (χ2n) is 17.6. The van der Waals surface area contributed by atoms with Crippen molar-refractivity contribution in [1.29, 1.82) is 0 Å². The topological polar surface area (TPSA) is 61.7 Å². The molecule has 0 bridgehead atoms. The molecule has 6 nitrogen and oxygen atoms in total. The number of fused-ring (bicyclic) bond motifs is 11. The molecule has 0 fully saturated rings. The molecule has 0 unspecified atom stereocenters. The standard InChI is InChI=1S/C63H39N5O/c1-4-16-40(17-5-1)43-30-32-48(33-31-43)67-55-28-12-10-26-49(55)51-34-36-53-54-37-35-52-50-27-11-13-29-56(50)68(58(52)60(54)69-59(53)57(51)67)63-65-61(46-24-14-22-44(38-46)41-18-6-2-7-19-41)64-62(66-63)47-25-15-23-45(39-47)42-20-8-3-9-21-42/h1-39H. The number of furan rings is 1. The average Bonchev–Trinajstić information content (AvgIpc) is 4.10. The summed E-state index contributed by atoms with van der Waals surface area (Å²) in [6.07, 6.45) is 0. The molecule has 0 aliphatic heterocycles. The number of hydrogen-bond donors (Lipinski definition) is 0. The number of para-hydroxylation sites is 2. The van der Waals surface area contributed by atoms with Crippen molar-refractivity contribution in [1.82, 2.24) is 24.1 Å². The van der Waals surface area contributed by atoms with Gasteiger partial charge in [-0.15, -0.1) is 0 Å². The number of rotatable bonds is 7. The van der Waals surface area contributed by atoms with E-state index in [1.54, 1.807) is 0 Å². The monoisotopic (exact) mass is 881 g/mol. The molecule has 0 atom stereocenters. The predicted molar refractivity (Wildman–Crippen MR) is 283 cm³/mol. The van der Waals surface area contributed by atoms with E-state index in [0.717, 1.165) is 99.2 Å². The summed E-state index contributed by atoms with van der Waals surface area (Å²) in [6.45, 7) is 0. The highest BCUT2D eigenvalue weighted by Crippen LogP contribution is 2.44. The van der Waals surface area contributed by atoms with Gasteiger partial charge in [0, 0.05) is 49.1 Å². The van der Waals surface area contributed by atoms with Gasteiger partial charge < -0.3 is 8.98 Å². The van der Waals surface area contributed by atoms with E-state index < -0.39 is 0 Å². The van der Waals surface area contributed by atoms with E-state index >= 15 is 0 Å². The van der Waals surface area contributed by atoms with Gasteiger partial charge in [0.15, 0.2) is 22.8 Å². The molecule has 0 aliphatic rings. The predicted octanol–water partition coefficient (Wildman–Crippen LogP) is 16.3. The molecule has 0 spiro atoms. The maximum Gasteiger partial charge on any atom is 0.238 e. The lowest BCUT2D eigenvalue weighted by molar-refractivity contribution is 0.673. The first kappa shape index (κ1) is 38.8. The minimum Gasteiger partial charge on any atom is -0.452 e. The first-order valence-electron chi connectivity index (χ1n) is 23.3. The van der Waals surface area contributed by atoms with Gasteiger partial charge in [0.1, 0.15) is 5.52 Å². The second-order valence-corrected chi connectivity index (χ2v) is 17.6. The van der Waals surface area contributed by atoms with Gasteiger partial charge in [0.2, 0.25) is 5.95 Å². The lowest BCUT2D eigenvalue weighted by Crippen LogP contribution is -2.06. The van der Waals surface area contributed by atoms with Crippen LogP contribution >= 0.6 is 0 Å². The summed E-state index contributed by atoms with van der Waals surface area (Å²) in [7, 11) is 0. The Kier molecular flexibility index (Phi) is 8.79. The van der Waals surface area contributed by atoms with Crippen molar-refractivity contribution in [2.75, 3.05) is 0 Å². The Labute approximate surface area is 396 Å². The fraction of sp³-hybridized carbons (Fsp3) is 0. The molecule has 0 aliphatic carbocycles. The van der Waals surface area contributed by atoms with Crippen molar-refractivity contribution in [3.63, 3.8) is 0 Å². The molecule has 0 amide bonds. The zero-order valence-corrected chi connectivity index (χ0v) is 37.2. The van der Waals surface area contributed by atoms with Gasteiger partial charge >= 0.3 is 0 Å². The minimum absolute atomic E-state index is 0.502. The number of benzene rings is 10. The third-order valence-corrected chi connectivity index (χ3v) is 13.6. The molecule has 0 radical (unpaired) electrons. The van der Waals surface area contributed by atoms with Crippen LogP contribution in [-0.4, -0.2) is 24.1 Å². The summed E-state index contributed by atoms with van der Waals surface area (Å²) in [4.78, 5) is 16.1. The fourth-order valence-electron chi connectivity index (χ4n) is 10.4. The number of aromatic nitrogens is 5. The normalized spacial score (nSPS) is 11.8. The van der Waals surface area contributed by atoms with E-state index in [1.807, 2.05) is 12.1 Å². The van der Waals surface area contributed by atoms with Crippen LogP contribution in [0.4, 0.5) is 0 Å². The average molecular weight is 882 g/mol. The SMILES string of the molecule is c1ccc(-c2ccc(-n3c4ccccc4c4ccc5c6ccc7c8ccccc8n(-c8nc(-c9cccc(-c%10ccccc%10)c9)nc(-c9cccc(-c%10ccccc%10)c9)n8)c7c6oc5c43)cc2)cc1. The Morgan fingerprint density at radius 3 is 1.19 bits per heavy atom. The van der Waals surface area contributed by atoms with E-state index in [2.05, 4.69) is 234 Å². The molecule has 14 aromatic rings. The van der Waals surface area contributed by atoms with E-state index in [0.29, 0.717) is 17.6 Å². The van der Waals surface area contributed by atoms with E-state index in [1.165, 1.54) is 16.5 Å². The Morgan fingerprint density at radius 1 is 0.275 bits per heavy atom. The van der Waals surface area contributed by atoms with Crippen LogP contribution in [0.25, 0.3) is 133 Å². The van der Waals surface area contributed by atoms with Crippen LogP contribution in [0, 0.1) is 0 Å². The molecule has 4 aromatic heterocycles. The van der Waals surface area contributed by atoms with E-state index in [-0.39, 0.29) is 0 Å². The van der Waals surface area contributed by atoms with Crippen molar-refractivity contribution in [2.45, 2.75) is 0 Å². The van der Waals surface area contributed by atoms with Gasteiger partial charge in [-0.25, -0.2) is 4.98 Å². The van der Waals surface area contributed by atoms with Gasteiger partial charge in [-0.05, 0) is 81.9 Å². The van der Waals surface area contributed by atoms with Crippen LogP contribution in [0.1, 0.15) is 0 Å². The Bertz CT molecular complexity index is 4180. The van der Waals surface area contributed by atoms with Crippen LogP contribution in [0.3, 0.4) is 0 Å². The summed E-state index contributed by atoms with van der Waals surface area (Å²) in [5, 5.41) is 6.47. The summed E-state index contributed by atoms with van der Waals surface area (Å²) < 4.78 is 11.9. The molecule has 0 N–H and O–H groups in total. The molecule has 14 rings (SSSR count). The van der Waals surface area contributed by atoms with Gasteiger partial charge in [-0.3, -0.25) is 4.57 Å². The summed E-state index contributed by atoms with van der Waals surface area (Å²) in [6, 6.07) is 83.2. The van der Waals surface area contributed by atoms with Gasteiger partial charge in [-0.1, -0.05) is 188 Å². The van der Waals surface area contributed by atoms with E-state index in [4.69, 9.17) is 19.4 Å². The highest BCUT2D eigenvalue weighted by Gasteiger charge is 2.25. The first-order valence-corrected chi connectivity index (χ1v) is 23.3. The Hall–Kier alpha value is -9.39. The van der Waals surface area contributed by atoms with Crippen molar-refractivity contribution in [3.05, 3.63) is 237 Å². The van der Waals surface area contributed by atoms with Crippen LogP contribution in [0.15, 0.2) is 241 Å². The molecule has 0 saturated carbocycles. The lowest BCUT2D eigenvalue weighted by Gasteiger charge is -2.12. The quantitative estimate of drug-likeness (QED) is 0.160. The molecule has 0 saturated heterocycles. The van der Waals surface area contributed by atoms with Crippen LogP contribution in [-0.2, 0) is 0 Å². The number of hydrogen-bond acceptors (Lipinski definition) is 4.